The Bertz CT molecular complexity index is 838. The molecule has 0 aliphatic rings. The molecule has 1 aromatic carbocycles. The van der Waals surface area contributed by atoms with E-state index < -0.39 is 17.6 Å². The van der Waals surface area contributed by atoms with Gasteiger partial charge in [-0.1, -0.05) is 23.9 Å². The normalized spacial score (nSPS) is 11.5. The zero-order chi connectivity index (χ0) is 20.9. The Morgan fingerprint density at radius 2 is 1.96 bits per heavy atom. The van der Waals surface area contributed by atoms with Crippen LogP contribution in [0, 0.1) is 0 Å². The minimum Gasteiger partial charge on any atom is -0.330 e. The molecule has 28 heavy (non-hydrogen) atoms. The first-order valence-electron chi connectivity index (χ1n) is 8.32. The summed E-state index contributed by atoms with van der Waals surface area (Å²) in [4.78, 5) is 26.1. The maximum Gasteiger partial charge on any atom is 0.418 e. The molecule has 0 radical (unpaired) electrons. The highest BCUT2D eigenvalue weighted by Gasteiger charge is 2.33. The average molecular weight is 415 g/mol. The fourth-order valence-electron chi connectivity index (χ4n) is 2.35. The molecule has 0 spiro atoms. The molecule has 2 rings (SSSR count). The number of nitrogens with zero attached hydrogens (tertiary/aromatic N) is 4. The van der Waals surface area contributed by atoms with Gasteiger partial charge in [-0.2, -0.15) is 13.2 Å². The number of aryl methyl sites for hydroxylation is 1. The van der Waals surface area contributed by atoms with Crippen LogP contribution in [0.4, 0.5) is 18.9 Å². The lowest BCUT2D eigenvalue weighted by molar-refractivity contribution is -0.137. The van der Waals surface area contributed by atoms with Crippen molar-refractivity contribution in [2.24, 2.45) is 7.05 Å². The van der Waals surface area contributed by atoms with Gasteiger partial charge in [0.1, 0.15) is 12.9 Å². The number of thioether (sulfide) groups is 1. The fourth-order valence-corrected chi connectivity index (χ4v) is 3.13. The molecule has 1 heterocycles. The van der Waals surface area contributed by atoms with E-state index in [0.29, 0.717) is 5.16 Å². The molecule has 2 amide bonds. The lowest BCUT2D eigenvalue weighted by Gasteiger charge is -2.26. The maximum absolute atomic E-state index is 13.1. The number of carbonyl (C=O) groups excluding carboxylic acids is 2. The first-order chi connectivity index (χ1) is 13.1. The zero-order valence-corrected chi connectivity index (χ0v) is 16.3. The Balaban J connectivity index is 2.03. The van der Waals surface area contributed by atoms with Crippen LogP contribution >= 0.6 is 11.8 Å². The van der Waals surface area contributed by atoms with Gasteiger partial charge in [-0.3, -0.25) is 9.59 Å². The number of anilines is 1. The van der Waals surface area contributed by atoms with Gasteiger partial charge in [0, 0.05) is 13.1 Å². The van der Waals surface area contributed by atoms with E-state index >= 15 is 0 Å². The van der Waals surface area contributed by atoms with Crippen LogP contribution < -0.4 is 5.32 Å². The minimum absolute atomic E-state index is 0.0249. The summed E-state index contributed by atoms with van der Waals surface area (Å²) in [6.45, 7) is 3.09. The third-order valence-electron chi connectivity index (χ3n) is 3.76. The van der Waals surface area contributed by atoms with Crippen molar-refractivity contribution in [3.05, 3.63) is 36.2 Å². The van der Waals surface area contributed by atoms with E-state index in [4.69, 9.17) is 0 Å². The number of alkyl halides is 3. The van der Waals surface area contributed by atoms with Gasteiger partial charge in [0.15, 0.2) is 5.16 Å². The molecule has 152 valence electrons. The van der Waals surface area contributed by atoms with Crippen molar-refractivity contribution in [3.63, 3.8) is 0 Å². The quantitative estimate of drug-likeness (QED) is 0.704. The highest BCUT2D eigenvalue weighted by molar-refractivity contribution is 7.99. The summed E-state index contributed by atoms with van der Waals surface area (Å²) in [7, 11) is 1.73. The first-order valence-corrected chi connectivity index (χ1v) is 9.30. The van der Waals surface area contributed by atoms with E-state index in [9.17, 15) is 22.8 Å². The van der Waals surface area contributed by atoms with E-state index in [1.807, 2.05) is 0 Å². The van der Waals surface area contributed by atoms with E-state index in [1.165, 1.54) is 29.4 Å². The minimum atomic E-state index is -4.59. The summed E-state index contributed by atoms with van der Waals surface area (Å²) in [5.74, 6) is -1.01. The Kier molecular flexibility index (Phi) is 7.05. The molecule has 1 aromatic heterocycles. The fraction of sp³-hybridized carbons (Fsp3) is 0.412. The second kappa shape index (κ2) is 9.09. The number of aromatic nitrogens is 3. The molecule has 0 atom stereocenters. The lowest BCUT2D eigenvalue weighted by Crippen LogP contribution is -2.43. The van der Waals surface area contributed by atoms with Gasteiger partial charge in [0.05, 0.1) is 17.0 Å². The number of para-hydroxylation sites is 1. The van der Waals surface area contributed by atoms with Crippen LogP contribution in [-0.2, 0) is 22.8 Å². The number of carbonyl (C=O) groups is 2. The Hall–Kier alpha value is -2.56. The number of hydrogen-bond acceptors (Lipinski definition) is 5. The van der Waals surface area contributed by atoms with Crippen molar-refractivity contribution in [3.8, 4) is 0 Å². The van der Waals surface area contributed by atoms with E-state index in [-0.39, 0.29) is 29.9 Å². The Morgan fingerprint density at radius 3 is 2.54 bits per heavy atom. The molecule has 7 nitrogen and oxygen atoms in total. The second-order valence-electron chi connectivity index (χ2n) is 6.22. The molecule has 0 saturated carbocycles. The maximum atomic E-state index is 13.1. The molecule has 0 fully saturated rings. The highest BCUT2D eigenvalue weighted by atomic mass is 32.2. The SMILES string of the molecule is CC(C)N(CC(=O)Nc1ccccc1C(F)(F)F)C(=O)CSc1nncn1C. The van der Waals surface area contributed by atoms with Crippen molar-refractivity contribution in [1.82, 2.24) is 19.7 Å². The monoisotopic (exact) mass is 415 g/mol. The number of rotatable bonds is 7. The number of nitrogens with one attached hydrogen (secondary N) is 1. The zero-order valence-electron chi connectivity index (χ0n) is 15.5. The molecule has 0 aliphatic carbocycles. The number of amides is 2. The topological polar surface area (TPSA) is 80.1 Å². The van der Waals surface area contributed by atoms with E-state index in [2.05, 4.69) is 15.5 Å². The van der Waals surface area contributed by atoms with Gasteiger partial charge in [-0.05, 0) is 26.0 Å². The van der Waals surface area contributed by atoms with Gasteiger partial charge >= 0.3 is 6.18 Å². The molecule has 0 bridgehead atoms. The molecular formula is C17H20F3N5O2S. The van der Waals surface area contributed by atoms with Crippen molar-refractivity contribution in [2.75, 3.05) is 17.6 Å². The molecule has 1 N–H and O–H groups in total. The molecular weight excluding hydrogens is 395 g/mol. The highest BCUT2D eigenvalue weighted by Crippen LogP contribution is 2.34. The Labute approximate surface area is 164 Å². The van der Waals surface area contributed by atoms with Gasteiger partial charge in [-0.15, -0.1) is 10.2 Å². The molecule has 2 aromatic rings. The van der Waals surface area contributed by atoms with Crippen molar-refractivity contribution in [1.29, 1.82) is 0 Å². The van der Waals surface area contributed by atoms with Crippen LogP contribution in [0.5, 0.6) is 0 Å². The summed E-state index contributed by atoms with van der Waals surface area (Å²) in [6.07, 6.45) is -3.09. The standard InChI is InChI=1S/C17H20F3N5O2S/c1-11(2)25(15(27)9-28-16-23-21-10-24(16)3)8-14(26)22-13-7-5-4-6-12(13)17(18,19)20/h4-7,10-11H,8-9H2,1-3H3,(H,22,26). The summed E-state index contributed by atoms with van der Waals surface area (Å²) in [5, 5.41) is 10.4. The predicted molar refractivity (Wildman–Crippen MR) is 98.6 cm³/mol. The van der Waals surface area contributed by atoms with E-state index in [0.717, 1.165) is 17.8 Å². The van der Waals surface area contributed by atoms with Crippen molar-refractivity contribution >= 4 is 29.3 Å². The molecule has 11 heteroatoms. The molecule has 0 unspecified atom stereocenters. The average Bonchev–Trinajstić information content (AvgIpc) is 3.02. The largest absolute Gasteiger partial charge is 0.418 e. The van der Waals surface area contributed by atoms with Crippen molar-refractivity contribution < 1.29 is 22.8 Å². The van der Waals surface area contributed by atoms with Crippen LogP contribution in [-0.4, -0.2) is 49.8 Å². The molecule has 0 aliphatic heterocycles. The molecule has 0 saturated heterocycles. The summed E-state index contributed by atoms with van der Waals surface area (Å²) < 4.78 is 40.8. The summed E-state index contributed by atoms with van der Waals surface area (Å²) in [5.41, 5.74) is -1.28. The van der Waals surface area contributed by atoms with Gasteiger partial charge < -0.3 is 14.8 Å². The third-order valence-corrected chi connectivity index (χ3v) is 4.78. The van der Waals surface area contributed by atoms with Crippen LogP contribution in [0.3, 0.4) is 0 Å². The summed E-state index contributed by atoms with van der Waals surface area (Å²) in [6, 6.07) is 4.39. The number of halogens is 3. The smallest absolute Gasteiger partial charge is 0.330 e. The number of benzene rings is 1. The second-order valence-corrected chi connectivity index (χ2v) is 7.16. The third kappa shape index (κ3) is 5.72. The van der Waals surface area contributed by atoms with Crippen LogP contribution in [0.25, 0.3) is 0 Å². The van der Waals surface area contributed by atoms with Crippen LogP contribution in [0.15, 0.2) is 35.7 Å². The van der Waals surface area contributed by atoms with E-state index in [1.54, 1.807) is 25.5 Å². The number of hydrogen-bond donors (Lipinski definition) is 1. The van der Waals surface area contributed by atoms with Crippen molar-refractivity contribution in [2.45, 2.75) is 31.2 Å². The van der Waals surface area contributed by atoms with Gasteiger partial charge in [0.2, 0.25) is 11.8 Å². The lowest BCUT2D eigenvalue weighted by atomic mass is 10.1. The summed E-state index contributed by atoms with van der Waals surface area (Å²) >= 11 is 1.16. The van der Waals surface area contributed by atoms with Gasteiger partial charge in [-0.25, -0.2) is 0 Å². The van der Waals surface area contributed by atoms with Gasteiger partial charge in [0.25, 0.3) is 0 Å². The predicted octanol–water partition coefficient (Wildman–Crippen LogP) is 2.80. The Morgan fingerprint density at radius 1 is 1.29 bits per heavy atom. The first kappa shape index (κ1) is 21.7. The van der Waals surface area contributed by atoms with Crippen LogP contribution in [0.1, 0.15) is 19.4 Å². The van der Waals surface area contributed by atoms with Crippen LogP contribution in [0.2, 0.25) is 0 Å².